The van der Waals surface area contributed by atoms with Gasteiger partial charge in [0.05, 0.1) is 6.61 Å². The Morgan fingerprint density at radius 2 is 2.00 bits per heavy atom. The molecule has 1 rings (SSSR count). The van der Waals surface area contributed by atoms with E-state index < -0.39 is 5.91 Å². The van der Waals surface area contributed by atoms with E-state index in [0.29, 0.717) is 6.61 Å². The molecule has 3 amide bonds. The van der Waals surface area contributed by atoms with Gasteiger partial charge in [0.25, 0.3) is 11.8 Å². The van der Waals surface area contributed by atoms with Crippen molar-refractivity contribution in [3.8, 4) is 0 Å². The summed E-state index contributed by atoms with van der Waals surface area (Å²) in [6.45, 7) is 5.76. The quantitative estimate of drug-likeness (QED) is 0.322. The average Bonchev–Trinajstić information content (AvgIpc) is 2.70. The second-order valence-electron chi connectivity index (χ2n) is 3.76. The second kappa shape index (κ2) is 7.95. The Labute approximate surface area is 116 Å². The lowest BCUT2D eigenvalue weighted by atomic mass is 10.5. The minimum atomic E-state index is -0.395. The summed E-state index contributed by atoms with van der Waals surface area (Å²) in [5.41, 5.74) is 2.35. The highest BCUT2D eigenvalue weighted by molar-refractivity contribution is 6.12. The van der Waals surface area contributed by atoms with Crippen LogP contribution in [0.2, 0.25) is 0 Å². The third-order valence-corrected chi connectivity index (χ3v) is 2.27. The van der Waals surface area contributed by atoms with Gasteiger partial charge in [-0.3, -0.25) is 24.1 Å². The van der Waals surface area contributed by atoms with Gasteiger partial charge in [0.2, 0.25) is 11.8 Å². The van der Waals surface area contributed by atoms with Crippen molar-refractivity contribution in [2.75, 3.05) is 26.3 Å². The summed E-state index contributed by atoms with van der Waals surface area (Å²) in [4.78, 5) is 39.7. The number of ether oxygens (including phenoxy) is 1. The molecule has 0 radical (unpaired) electrons. The summed E-state index contributed by atoms with van der Waals surface area (Å²) in [6.07, 6.45) is 2.38. The molecule has 0 spiro atoms. The van der Waals surface area contributed by atoms with E-state index in [1.807, 2.05) is 0 Å². The number of amides is 3. The van der Waals surface area contributed by atoms with Crippen LogP contribution in [0.5, 0.6) is 0 Å². The summed E-state index contributed by atoms with van der Waals surface area (Å²) in [6, 6.07) is 0. The highest BCUT2D eigenvalue weighted by Crippen LogP contribution is 2.01. The number of rotatable bonds is 9. The van der Waals surface area contributed by atoms with Crippen molar-refractivity contribution in [1.29, 1.82) is 0 Å². The molecule has 110 valence electrons. The minimum absolute atomic E-state index is 0.121. The van der Waals surface area contributed by atoms with Gasteiger partial charge in [-0.1, -0.05) is 0 Å². The lowest BCUT2D eigenvalue weighted by molar-refractivity contribution is -0.137. The zero-order valence-corrected chi connectivity index (χ0v) is 11.2. The van der Waals surface area contributed by atoms with Crippen molar-refractivity contribution < 1.29 is 24.0 Å². The van der Waals surface area contributed by atoms with E-state index in [-0.39, 0.29) is 37.4 Å². The Bertz CT molecular complexity index is 415. The first-order chi connectivity index (χ1) is 9.54. The largest absolute Gasteiger partial charge is 0.478 e. The van der Waals surface area contributed by atoms with Crippen LogP contribution >= 0.6 is 0 Å². The molecule has 8 nitrogen and oxygen atoms in total. The molecule has 0 aromatic carbocycles. The fourth-order valence-electron chi connectivity index (χ4n) is 1.40. The van der Waals surface area contributed by atoms with Gasteiger partial charge in [-0.05, 0) is 13.5 Å². The van der Waals surface area contributed by atoms with E-state index >= 15 is 0 Å². The van der Waals surface area contributed by atoms with Crippen molar-refractivity contribution >= 4 is 17.7 Å². The molecule has 1 aliphatic heterocycles. The first kappa shape index (κ1) is 15.7. The van der Waals surface area contributed by atoms with Crippen LogP contribution in [0.1, 0.15) is 6.92 Å². The highest BCUT2D eigenvalue weighted by Gasteiger charge is 2.22. The van der Waals surface area contributed by atoms with Crippen LogP contribution in [0.4, 0.5) is 0 Å². The Morgan fingerprint density at radius 1 is 1.35 bits per heavy atom. The number of hydroxylamine groups is 1. The summed E-state index contributed by atoms with van der Waals surface area (Å²) >= 11 is 0. The molecule has 0 saturated heterocycles. The molecule has 0 bridgehead atoms. The number of carbonyl (C=O) groups is 3. The van der Waals surface area contributed by atoms with Crippen molar-refractivity contribution in [2.24, 2.45) is 0 Å². The van der Waals surface area contributed by atoms with Crippen LogP contribution in [0.25, 0.3) is 0 Å². The Hall–Kier alpha value is -2.35. The molecule has 1 heterocycles. The van der Waals surface area contributed by atoms with Gasteiger partial charge in [-0.2, -0.15) is 0 Å². The summed E-state index contributed by atoms with van der Waals surface area (Å²) in [7, 11) is 0. The standard InChI is InChI=1S/C12H17N3O5/c1-3-19-9(2)14-20-8-10(16)13-6-7-15-11(17)4-5-12(15)18/h4-5,14H,2-3,6-8H2,1H3,(H,13,16). The Morgan fingerprint density at radius 3 is 2.60 bits per heavy atom. The van der Waals surface area contributed by atoms with Crippen LogP contribution in [-0.2, 0) is 24.0 Å². The van der Waals surface area contributed by atoms with Crippen molar-refractivity contribution in [3.05, 3.63) is 24.6 Å². The molecule has 0 atom stereocenters. The molecule has 20 heavy (non-hydrogen) atoms. The van der Waals surface area contributed by atoms with Gasteiger partial charge >= 0.3 is 0 Å². The lowest BCUT2D eigenvalue weighted by Gasteiger charge is -2.14. The number of hydrogen-bond donors (Lipinski definition) is 2. The SMILES string of the molecule is C=C(NOCC(=O)NCCN1C(=O)C=CC1=O)OCC. The zero-order valence-electron chi connectivity index (χ0n) is 11.2. The van der Waals surface area contributed by atoms with E-state index in [0.717, 1.165) is 4.90 Å². The second-order valence-corrected chi connectivity index (χ2v) is 3.76. The topological polar surface area (TPSA) is 97.0 Å². The minimum Gasteiger partial charge on any atom is -0.478 e. The third kappa shape index (κ3) is 5.11. The smallest absolute Gasteiger partial charge is 0.253 e. The third-order valence-electron chi connectivity index (χ3n) is 2.27. The van der Waals surface area contributed by atoms with Gasteiger partial charge in [0.15, 0.2) is 6.61 Å². The predicted molar refractivity (Wildman–Crippen MR) is 68.7 cm³/mol. The maximum atomic E-state index is 11.4. The van der Waals surface area contributed by atoms with E-state index in [2.05, 4.69) is 17.4 Å². The van der Waals surface area contributed by atoms with Gasteiger partial charge < -0.3 is 10.1 Å². The van der Waals surface area contributed by atoms with Crippen molar-refractivity contribution in [2.45, 2.75) is 6.92 Å². The van der Waals surface area contributed by atoms with Crippen molar-refractivity contribution in [1.82, 2.24) is 15.7 Å². The van der Waals surface area contributed by atoms with Crippen molar-refractivity contribution in [3.63, 3.8) is 0 Å². The highest BCUT2D eigenvalue weighted by atomic mass is 16.7. The first-order valence-corrected chi connectivity index (χ1v) is 6.04. The molecular formula is C12H17N3O5. The molecule has 0 unspecified atom stereocenters. The van der Waals surface area contributed by atoms with Crippen LogP contribution in [0, 0.1) is 0 Å². The summed E-state index contributed by atoms with van der Waals surface area (Å²) in [5, 5.41) is 2.51. The molecule has 8 heteroatoms. The normalized spacial score (nSPS) is 13.6. The molecule has 0 aromatic rings. The number of hydrogen-bond acceptors (Lipinski definition) is 6. The van der Waals surface area contributed by atoms with Gasteiger partial charge in [0.1, 0.15) is 0 Å². The fraction of sp³-hybridized carbons (Fsp3) is 0.417. The molecule has 0 fully saturated rings. The molecule has 0 aliphatic carbocycles. The first-order valence-electron chi connectivity index (χ1n) is 6.04. The van der Waals surface area contributed by atoms with Crippen LogP contribution in [0.3, 0.4) is 0 Å². The molecule has 0 aromatic heterocycles. The number of nitrogens with zero attached hydrogens (tertiary/aromatic N) is 1. The van der Waals surface area contributed by atoms with Gasteiger partial charge in [0, 0.05) is 25.2 Å². The van der Waals surface area contributed by atoms with Crippen LogP contribution < -0.4 is 10.8 Å². The molecule has 2 N–H and O–H groups in total. The summed E-state index contributed by atoms with van der Waals surface area (Å²) < 4.78 is 4.95. The molecule has 0 saturated carbocycles. The van der Waals surface area contributed by atoms with E-state index in [1.165, 1.54) is 12.2 Å². The molecular weight excluding hydrogens is 266 g/mol. The maximum absolute atomic E-state index is 11.4. The Kier molecular flexibility index (Phi) is 6.24. The van der Waals surface area contributed by atoms with E-state index in [9.17, 15) is 14.4 Å². The monoisotopic (exact) mass is 283 g/mol. The lowest BCUT2D eigenvalue weighted by Crippen LogP contribution is -2.39. The van der Waals surface area contributed by atoms with Gasteiger partial charge in [-0.15, -0.1) is 0 Å². The predicted octanol–water partition coefficient (Wildman–Crippen LogP) is -0.943. The summed E-state index contributed by atoms with van der Waals surface area (Å²) in [5.74, 6) is -0.946. The average molecular weight is 283 g/mol. The zero-order chi connectivity index (χ0) is 15.0. The van der Waals surface area contributed by atoms with Crippen LogP contribution in [-0.4, -0.2) is 48.9 Å². The number of imide groups is 1. The molecule has 1 aliphatic rings. The maximum Gasteiger partial charge on any atom is 0.253 e. The Balaban J connectivity index is 2.10. The number of carbonyl (C=O) groups excluding carboxylic acids is 3. The fourth-order valence-corrected chi connectivity index (χ4v) is 1.40. The van der Waals surface area contributed by atoms with E-state index in [4.69, 9.17) is 9.57 Å². The van der Waals surface area contributed by atoms with Crippen LogP contribution in [0.15, 0.2) is 24.6 Å². The van der Waals surface area contributed by atoms with Gasteiger partial charge in [-0.25, -0.2) is 5.48 Å². The van der Waals surface area contributed by atoms with E-state index in [1.54, 1.807) is 6.92 Å². The number of nitrogens with one attached hydrogen (secondary N) is 2.